The van der Waals surface area contributed by atoms with Crippen LogP contribution in [-0.2, 0) is 16.4 Å². The number of rotatable bonds is 7. The second kappa shape index (κ2) is 9.68. The molecule has 0 unspecified atom stereocenters. The molecular weight excluding hydrogens is 512 g/mol. The fourth-order valence-electron chi connectivity index (χ4n) is 4.40. The van der Waals surface area contributed by atoms with E-state index in [2.05, 4.69) is 9.97 Å². The number of sulfone groups is 1. The Morgan fingerprint density at radius 2 is 1.81 bits per heavy atom. The van der Waals surface area contributed by atoms with Crippen LogP contribution in [0, 0.1) is 0 Å². The quantitative estimate of drug-likeness (QED) is 0.300. The van der Waals surface area contributed by atoms with E-state index in [1.165, 1.54) is 18.3 Å². The third-order valence-electron chi connectivity index (χ3n) is 5.99. The molecular formula is C27H21ClN4O4S. The molecule has 3 N–H and O–H groups in total. The van der Waals surface area contributed by atoms with Crippen LogP contribution in [0.5, 0.6) is 0 Å². The highest BCUT2D eigenvalue weighted by Crippen LogP contribution is 2.36. The summed E-state index contributed by atoms with van der Waals surface area (Å²) in [6, 6.07) is 19.5. The van der Waals surface area contributed by atoms with Crippen molar-refractivity contribution in [1.29, 1.82) is 0 Å². The van der Waals surface area contributed by atoms with Gasteiger partial charge in [-0.2, -0.15) is 0 Å². The minimum Gasteiger partial charge on any atom is -0.384 e. The van der Waals surface area contributed by atoms with Crippen molar-refractivity contribution in [2.24, 2.45) is 0 Å². The molecule has 8 nitrogen and oxygen atoms in total. The average Bonchev–Trinajstić information content (AvgIpc) is 3.17. The predicted molar refractivity (Wildman–Crippen MR) is 144 cm³/mol. The number of nitrogen functional groups attached to an aromatic ring is 1. The SMILES string of the molecule is Nc1cc(Cn2c(C(=O)CS(=O)(=O)c3ccccc3)c(-c3ccc[nH]c3=O)c3cc(Cl)ccc32)ccn1. The summed E-state index contributed by atoms with van der Waals surface area (Å²) < 4.78 is 28.0. The minimum absolute atomic E-state index is 0.0371. The number of hydrogen-bond donors (Lipinski definition) is 2. The highest BCUT2D eigenvalue weighted by molar-refractivity contribution is 7.92. The van der Waals surface area contributed by atoms with Gasteiger partial charge in [0.05, 0.1) is 10.6 Å². The van der Waals surface area contributed by atoms with E-state index in [4.69, 9.17) is 17.3 Å². The molecule has 10 heteroatoms. The molecule has 0 saturated carbocycles. The van der Waals surface area contributed by atoms with Crippen LogP contribution >= 0.6 is 11.6 Å². The first-order chi connectivity index (χ1) is 17.7. The average molecular weight is 533 g/mol. The van der Waals surface area contributed by atoms with Crippen LogP contribution in [0.15, 0.2) is 94.9 Å². The zero-order valence-electron chi connectivity index (χ0n) is 19.4. The summed E-state index contributed by atoms with van der Waals surface area (Å²) in [5.74, 6) is -1.13. The van der Waals surface area contributed by atoms with Crippen LogP contribution < -0.4 is 11.3 Å². The number of ketones is 1. The van der Waals surface area contributed by atoms with Crippen molar-refractivity contribution < 1.29 is 13.2 Å². The van der Waals surface area contributed by atoms with Crippen molar-refractivity contribution in [3.05, 3.63) is 112 Å². The third-order valence-corrected chi connectivity index (χ3v) is 7.85. The topological polar surface area (TPSA) is 128 Å². The third kappa shape index (κ3) is 4.78. The van der Waals surface area contributed by atoms with Crippen molar-refractivity contribution in [3.63, 3.8) is 0 Å². The van der Waals surface area contributed by atoms with Gasteiger partial charge in [-0.05, 0) is 60.2 Å². The zero-order valence-corrected chi connectivity index (χ0v) is 21.0. The number of nitrogens with one attached hydrogen (secondary N) is 1. The minimum atomic E-state index is -3.96. The van der Waals surface area contributed by atoms with Crippen molar-refractivity contribution in [2.75, 3.05) is 11.5 Å². The number of nitrogens with zero attached hydrogens (tertiary/aromatic N) is 2. The van der Waals surface area contributed by atoms with Gasteiger partial charge in [-0.1, -0.05) is 29.8 Å². The molecule has 2 aromatic carbocycles. The smallest absolute Gasteiger partial charge is 0.255 e. The van der Waals surface area contributed by atoms with Crippen molar-refractivity contribution in [3.8, 4) is 11.1 Å². The number of aromatic nitrogens is 3. The van der Waals surface area contributed by atoms with Gasteiger partial charge < -0.3 is 15.3 Å². The Bertz CT molecular complexity index is 1810. The number of Topliss-reactive ketones (excluding diaryl/α,β-unsaturated/α-hetero) is 1. The lowest BCUT2D eigenvalue weighted by atomic mass is 10.0. The van der Waals surface area contributed by atoms with Crippen molar-refractivity contribution in [1.82, 2.24) is 14.5 Å². The number of fused-ring (bicyclic) bond motifs is 1. The van der Waals surface area contributed by atoms with Crippen molar-refractivity contribution >= 4 is 43.9 Å². The van der Waals surface area contributed by atoms with Gasteiger partial charge in [0.15, 0.2) is 15.6 Å². The van der Waals surface area contributed by atoms with Gasteiger partial charge in [-0.3, -0.25) is 9.59 Å². The molecule has 0 aliphatic rings. The van der Waals surface area contributed by atoms with Gasteiger partial charge in [-0.15, -0.1) is 0 Å². The molecule has 5 aromatic rings. The lowest BCUT2D eigenvalue weighted by Gasteiger charge is -2.13. The van der Waals surface area contributed by atoms with Crippen LogP contribution in [0.4, 0.5) is 5.82 Å². The highest BCUT2D eigenvalue weighted by Gasteiger charge is 2.29. The highest BCUT2D eigenvalue weighted by atomic mass is 35.5. The molecule has 0 radical (unpaired) electrons. The van der Waals surface area contributed by atoms with E-state index in [1.807, 2.05) is 0 Å². The Labute approximate surface area is 217 Å². The summed E-state index contributed by atoms with van der Waals surface area (Å²) >= 11 is 6.33. The van der Waals surface area contributed by atoms with Gasteiger partial charge in [0.1, 0.15) is 11.6 Å². The van der Waals surface area contributed by atoms with E-state index >= 15 is 0 Å². The summed E-state index contributed by atoms with van der Waals surface area (Å²) in [6.07, 6.45) is 3.04. The lowest BCUT2D eigenvalue weighted by molar-refractivity contribution is 0.101. The van der Waals surface area contributed by atoms with E-state index in [-0.39, 0.29) is 22.7 Å². The van der Waals surface area contributed by atoms with E-state index in [0.717, 1.165) is 5.56 Å². The standard InChI is InChI=1S/C27H21ClN4O4S/c28-18-8-9-22-21(14-18)25(20-7-4-11-31-27(20)34)26(32(22)15-17-10-12-30-24(29)13-17)23(33)16-37(35,36)19-5-2-1-3-6-19/h1-14H,15-16H2,(H2,29,30)(H,31,34). The number of anilines is 1. The first kappa shape index (κ1) is 24.5. The Morgan fingerprint density at radius 1 is 1.03 bits per heavy atom. The summed E-state index contributed by atoms with van der Waals surface area (Å²) in [5.41, 5.74) is 7.43. The maximum absolute atomic E-state index is 13.9. The van der Waals surface area contributed by atoms with Crippen LogP contribution in [0.3, 0.4) is 0 Å². The van der Waals surface area contributed by atoms with E-state index in [1.54, 1.807) is 71.4 Å². The molecule has 186 valence electrons. The molecule has 3 heterocycles. The summed E-state index contributed by atoms with van der Waals surface area (Å²) in [7, 11) is -3.96. The predicted octanol–water partition coefficient (Wildman–Crippen LogP) is 4.33. The molecule has 0 fully saturated rings. The molecule has 0 saturated heterocycles. The molecule has 0 amide bonds. The van der Waals surface area contributed by atoms with Gasteiger partial charge in [0.25, 0.3) is 5.56 Å². The summed E-state index contributed by atoms with van der Waals surface area (Å²) in [4.78, 5) is 33.5. The molecule has 0 aliphatic carbocycles. The van der Waals surface area contributed by atoms with Crippen LogP contribution in [-0.4, -0.2) is 34.5 Å². The monoisotopic (exact) mass is 532 g/mol. The Morgan fingerprint density at radius 3 is 2.54 bits per heavy atom. The normalized spacial score (nSPS) is 11.6. The number of nitrogens with two attached hydrogens (primary N) is 1. The molecule has 0 bridgehead atoms. The second-order valence-electron chi connectivity index (χ2n) is 8.47. The fourth-order valence-corrected chi connectivity index (χ4v) is 5.79. The number of carbonyl (C=O) groups excluding carboxylic acids is 1. The lowest BCUT2D eigenvalue weighted by Crippen LogP contribution is -2.21. The Balaban J connectivity index is 1.78. The summed E-state index contributed by atoms with van der Waals surface area (Å²) in [6.45, 7) is 0.183. The second-order valence-corrected chi connectivity index (χ2v) is 10.9. The Hall–Kier alpha value is -4.21. The zero-order chi connectivity index (χ0) is 26.2. The first-order valence-corrected chi connectivity index (χ1v) is 13.3. The first-order valence-electron chi connectivity index (χ1n) is 11.3. The van der Waals surface area contributed by atoms with Crippen LogP contribution in [0.25, 0.3) is 22.0 Å². The Kier molecular flexibility index (Phi) is 6.41. The van der Waals surface area contributed by atoms with E-state index in [9.17, 15) is 18.0 Å². The number of hydrogen-bond acceptors (Lipinski definition) is 6. The molecule has 0 spiro atoms. The van der Waals surface area contributed by atoms with Gasteiger partial charge >= 0.3 is 0 Å². The number of carbonyl (C=O) groups is 1. The fraction of sp³-hybridized carbons (Fsp3) is 0.0741. The molecule has 5 rings (SSSR count). The number of halogens is 1. The molecule has 0 aliphatic heterocycles. The van der Waals surface area contributed by atoms with E-state index < -0.39 is 26.9 Å². The van der Waals surface area contributed by atoms with E-state index in [0.29, 0.717) is 27.3 Å². The molecule has 3 aromatic heterocycles. The van der Waals surface area contributed by atoms with Gasteiger partial charge in [0.2, 0.25) is 0 Å². The van der Waals surface area contributed by atoms with Crippen molar-refractivity contribution in [2.45, 2.75) is 11.4 Å². The number of benzene rings is 2. The maximum atomic E-state index is 13.9. The number of aromatic amines is 1. The summed E-state index contributed by atoms with van der Waals surface area (Å²) in [5, 5.41) is 0.953. The van der Waals surface area contributed by atoms with Crippen LogP contribution in [0.2, 0.25) is 5.02 Å². The van der Waals surface area contributed by atoms with Gasteiger partial charge in [-0.25, -0.2) is 13.4 Å². The molecule has 37 heavy (non-hydrogen) atoms. The van der Waals surface area contributed by atoms with Crippen LogP contribution in [0.1, 0.15) is 16.1 Å². The number of pyridine rings is 2. The molecule has 0 atom stereocenters. The maximum Gasteiger partial charge on any atom is 0.255 e. The van der Waals surface area contributed by atoms with Gasteiger partial charge in [0, 0.05) is 46.0 Å². The largest absolute Gasteiger partial charge is 0.384 e. The number of H-pyrrole nitrogens is 1.